The van der Waals surface area contributed by atoms with Gasteiger partial charge in [0.1, 0.15) is 11.2 Å². The van der Waals surface area contributed by atoms with Crippen molar-refractivity contribution in [2.75, 3.05) is 0 Å². The molecule has 8 aromatic carbocycles. The van der Waals surface area contributed by atoms with Gasteiger partial charge >= 0.3 is 0 Å². The first-order valence-electron chi connectivity index (χ1n) is 18.6. The number of hydrogen-bond donors (Lipinski definition) is 0. The Labute approximate surface area is 319 Å². The molecule has 0 aliphatic carbocycles. The summed E-state index contributed by atoms with van der Waals surface area (Å²) >= 11 is 0. The number of furan rings is 1. The molecule has 2 heterocycles. The maximum atomic E-state index is 6.87. The van der Waals surface area contributed by atoms with Crippen molar-refractivity contribution in [3.8, 4) is 78.4 Å². The van der Waals surface area contributed by atoms with Gasteiger partial charge in [0.2, 0.25) is 0 Å². The van der Waals surface area contributed by atoms with Crippen molar-refractivity contribution in [1.29, 1.82) is 0 Å². The lowest BCUT2D eigenvalue weighted by molar-refractivity contribution is 0.670. The Morgan fingerprint density at radius 2 is 0.782 bits per heavy atom. The normalized spacial score (nSPS) is 11.3. The smallest absolute Gasteiger partial charge is 0.160 e. The lowest BCUT2D eigenvalue weighted by Gasteiger charge is -2.11. The first-order valence-corrected chi connectivity index (χ1v) is 18.6. The van der Waals surface area contributed by atoms with E-state index < -0.39 is 0 Å². The number of benzene rings is 8. The zero-order valence-electron chi connectivity index (χ0n) is 29.9. The molecule has 0 radical (unpaired) electrons. The average Bonchev–Trinajstić information content (AvgIpc) is 3.66. The van der Waals surface area contributed by atoms with E-state index >= 15 is 0 Å². The predicted molar refractivity (Wildman–Crippen MR) is 227 cm³/mol. The van der Waals surface area contributed by atoms with Gasteiger partial charge < -0.3 is 4.42 Å². The third-order valence-corrected chi connectivity index (χ3v) is 10.3. The van der Waals surface area contributed by atoms with Crippen molar-refractivity contribution >= 4 is 21.9 Å². The molecule has 55 heavy (non-hydrogen) atoms. The van der Waals surface area contributed by atoms with Crippen LogP contribution in [0.2, 0.25) is 0 Å². The topological polar surface area (TPSA) is 38.9 Å². The fourth-order valence-electron chi connectivity index (χ4n) is 7.54. The monoisotopic (exact) mass is 702 g/mol. The van der Waals surface area contributed by atoms with Crippen molar-refractivity contribution in [3.05, 3.63) is 206 Å². The van der Waals surface area contributed by atoms with E-state index in [0.29, 0.717) is 5.82 Å². The molecule has 0 saturated carbocycles. The Hall–Kier alpha value is -7.36. The summed E-state index contributed by atoms with van der Waals surface area (Å²) in [7, 11) is 0. The van der Waals surface area contributed by atoms with Gasteiger partial charge in [0.25, 0.3) is 0 Å². The molecule has 0 N–H and O–H groups in total. The maximum absolute atomic E-state index is 6.87. The highest BCUT2D eigenvalue weighted by molar-refractivity contribution is 6.16. The minimum atomic E-state index is 0.681. The van der Waals surface area contributed by atoms with E-state index in [-0.39, 0.29) is 0 Å². The molecule has 0 aliphatic heterocycles. The summed E-state index contributed by atoms with van der Waals surface area (Å²) in [4.78, 5) is 10.3. The summed E-state index contributed by atoms with van der Waals surface area (Å²) in [6, 6.07) is 72.1. The number of fused-ring (bicyclic) bond motifs is 3. The lowest BCUT2D eigenvalue weighted by Crippen LogP contribution is -1.96. The zero-order chi connectivity index (χ0) is 36.6. The van der Waals surface area contributed by atoms with Crippen molar-refractivity contribution in [2.24, 2.45) is 0 Å². The Kier molecular flexibility index (Phi) is 8.16. The first-order chi connectivity index (χ1) is 27.2. The number of aromatic nitrogens is 2. The minimum Gasteiger partial charge on any atom is -0.455 e. The van der Waals surface area contributed by atoms with E-state index in [0.717, 1.165) is 72.3 Å². The molecule has 0 bridgehead atoms. The fraction of sp³-hybridized carbons (Fsp3) is 0. The molecule has 3 nitrogen and oxygen atoms in total. The summed E-state index contributed by atoms with van der Waals surface area (Å²) in [6.45, 7) is 0. The van der Waals surface area contributed by atoms with Gasteiger partial charge in [-0.3, -0.25) is 0 Å². The molecule has 0 fully saturated rings. The van der Waals surface area contributed by atoms with Crippen LogP contribution in [-0.2, 0) is 0 Å². The molecule has 0 atom stereocenters. The second-order valence-corrected chi connectivity index (χ2v) is 13.8. The number of rotatable bonds is 7. The van der Waals surface area contributed by atoms with Crippen molar-refractivity contribution < 1.29 is 4.42 Å². The first kappa shape index (κ1) is 32.3. The van der Waals surface area contributed by atoms with Gasteiger partial charge in [0.15, 0.2) is 5.82 Å². The SMILES string of the molecule is c1ccc(-c2ccc(-c3cc(-c4ccc(-c5ccccc5)cc4)c4oc5cccc(-c6cc(-c7ccccc7)nc(-c7ccccc7)n6)c5c4c3)cc2)cc1. The van der Waals surface area contributed by atoms with Crippen LogP contribution in [-0.4, -0.2) is 9.97 Å². The Bertz CT molecular complexity index is 2860. The summed E-state index contributed by atoms with van der Waals surface area (Å²) in [5, 5.41) is 2.07. The highest BCUT2D eigenvalue weighted by Gasteiger charge is 2.20. The van der Waals surface area contributed by atoms with Crippen molar-refractivity contribution in [3.63, 3.8) is 0 Å². The van der Waals surface area contributed by atoms with E-state index in [9.17, 15) is 0 Å². The zero-order valence-corrected chi connectivity index (χ0v) is 29.9. The molecule has 10 aromatic rings. The van der Waals surface area contributed by atoms with Crippen LogP contribution < -0.4 is 0 Å². The quantitative estimate of drug-likeness (QED) is 0.166. The summed E-state index contributed by atoms with van der Waals surface area (Å²) < 4.78 is 6.87. The van der Waals surface area contributed by atoms with E-state index in [2.05, 4.69) is 170 Å². The van der Waals surface area contributed by atoms with Gasteiger partial charge in [0, 0.05) is 33.0 Å². The van der Waals surface area contributed by atoms with Crippen LogP contribution >= 0.6 is 0 Å². The van der Waals surface area contributed by atoms with Crippen LogP contribution in [0.1, 0.15) is 0 Å². The summed E-state index contributed by atoms with van der Waals surface area (Å²) in [6.07, 6.45) is 0. The molecule has 258 valence electrons. The van der Waals surface area contributed by atoms with Crippen LogP contribution in [0.15, 0.2) is 211 Å². The van der Waals surface area contributed by atoms with E-state index in [4.69, 9.17) is 14.4 Å². The van der Waals surface area contributed by atoms with E-state index in [1.165, 1.54) is 22.3 Å². The van der Waals surface area contributed by atoms with Gasteiger partial charge in [-0.2, -0.15) is 0 Å². The predicted octanol–water partition coefficient (Wildman–Crippen LogP) is 14.0. The molecule has 0 amide bonds. The second-order valence-electron chi connectivity index (χ2n) is 13.8. The van der Waals surface area contributed by atoms with Gasteiger partial charge in [0.05, 0.1) is 11.4 Å². The van der Waals surface area contributed by atoms with Crippen LogP contribution in [0.25, 0.3) is 100 Å². The third kappa shape index (κ3) is 6.18. The Balaban J connectivity index is 1.19. The van der Waals surface area contributed by atoms with Gasteiger partial charge in [-0.15, -0.1) is 0 Å². The van der Waals surface area contributed by atoms with Gasteiger partial charge in [-0.25, -0.2) is 9.97 Å². The van der Waals surface area contributed by atoms with Gasteiger partial charge in [-0.05, 0) is 63.2 Å². The Morgan fingerprint density at radius 3 is 1.36 bits per heavy atom. The molecule has 0 aliphatic rings. The molecular weight excluding hydrogens is 669 g/mol. The maximum Gasteiger partial charge on any atom is 0.160 e. The molecule has 3 heteroatoms. The number of nitrogens with zero attached hydrogens (tertiary/aromatic N) is 2. The molecule has 0 saturated heterocycles. The number of hydrogen-bond acceptors (Lipinski definition) is 3. The van der Waals surface area contributed by atoms with Crippen LogP contribution in [0.5, 0.6) is 0 Å². The van der Waals surface area contributed by atoms with Crippen LogP contribution in [0.3, 0.4) is 0 Å². The Morgan fingerprint density at radius 1 is 0.309 bits per heavy atom. The average molecular weight is 703 g/mol. The molecule has 10 rings (SSSR count). The van der Waals surface area contributed by atoms with Crippen molar-refractivity contribution in [1.82, 2.24) is 9.97 Å². The largest absolute Gasteiger partial charge is 0.455 e. The summed E-state index contributed by atoms with van der Waals surface area (Å²) in [5.41, 5.74) is 15.5. The molecule has 0 unspecified atom stereocenters. The van der Waals surface area contributed by atoms with Gasteiger partial charge in [-0.1, -0.05) is 182 Å². The highest BCUT2D eigenvalue weighted by atomic mass is 16.3. The minimum absolute atomic E-state index is 0.681. The molecule has 2 aromatic heterocycles. The standard InChI is InChI=1S/C52H34N2O/c1-5-14-35(15-6-1)37-24-26-39(27-25-37)43-32-45(40-30-28-38(29-31-40)36-16-7-2-8-17-36)51-46(33-43)50-44(22-13-23-49(50)55-51)48-34-47(41-18-9-3-10-19-41)53-52(54-48)42-20-11-4-12-21-42/h1-34H. The highest BCUT2D eigenvalue weighted by Crippen LogP contribution is 2.44. The molecule has 0 spiro atoms. The summed E-state index contributed by atoms with van der Waals surface area (Å²) in [5.74, 6) is 0.681. The van der Waals surface area contributed by atoms with E-state index in [1.54, 1.807) is 0 Å². The van der Waals surface area contributed by atoms with E-state index in [1.807, 2.05) is 36.4 Å². The van der Waals surface area contributed by atoms with Crippen LogP contribution in [0.4, 0.5) is 0 Å². The fourth-order valence-corrected chi connectivity index (χ4v) is 7.54. The second kappa shape index (κ2) is 13.9. The van der Waals surface area contributed by atoms with Crippen molar-refractivity contribution in [2.45, 2.75) is 0 Å². The molecular formula is C52H34N2O. The lowest BCUT2D eigenvalue weighted by atomic mass is 9.93. The third-order valence-electron chi connectivity index (χ3n) is 10.3. The van der Waals surface area contributed by atoms with Crippen LogP contribution in [0, 0.1) is 0 Å².